The molecule has 0 fully saturated rings. The second-order valence-electron chi connectivity index (χ2n) is 7.65. The zero-order valence-corrected chi connectivity index (χ0v) is 17.3. The number of nitrogens with one attached hydrogen (secondary N) is 1. The largest absolute Gasteiger partial charge is 0.387 e. The summed E-state index contributed by atoms with van der Waals surface area (Å²) in [5, 5.41) is 9.47. The Balaban J connectivity index is 1.82. The third-order valence-electron chi connectivity index (χ3n) is 5.02. The predicted octanol–water partition coefficient (Wildman–Crippen LogP) is 7.04. The van der Waals surface area contributed by atoms with Crippen LogP contribution in [0.1, 0.15) is 121 Å². The highest BCUT2D eigenvalue weighted by atomic mass is 16.3. The van der Waals surface area contributed by atoms with Crippen molar-refractivity contribution in [2.45, 2.75) is 116 Å². The fraction of sp³-hybridized carbons (Fsp3) is 0.783. The van der Waals surface area contributed by atoms with E-state index < -0.39 is 6.10 Å². The van der Waals surface area contributed by atoms with Crippen molar-refractivity contribution in [2.24, 2.45) is 0 Å². The Hall–Kier alpha value is -1.09. The topological polar surface area (TPSA) is 48.9 Å². The molecule has 0 saturated carbocycles. The van der Waals surface area contributed by atoms with Gasteiger partial charge in [-0.15, -0.1) is 0 Å². The summed E-state index contributed by atoms with van der Waals surface area (Å²) >= 11 is 0. The van der Waals surface area contributed by atoms with Gasteiger partial charge in [0, 0.05) is 6.42 Å². The number of aromatic nitrogens is 2. The van der Waals surface area contributed by atoms with Crippen molar-refractivity contribution in [3.8, 4) is 0 Å². The van der Waals surface area contributed by atoms with Crippen LogP contribution in [0.5, 0.6) is 0 Å². The maximum absolute atomic E-state index is 9.47. The highest BCUT2D eigenvalue weighted by Crippen LogP contribution is 2.13. The molecule has 1 aromatic rings. The summed E-state index contributed by atoms with van der Waals surface area (Å²) in [5.74, 6) is 1.01. The van der Waals surface area contributed by atoms with Gasteiger partial charge in [-0.1, -0.05) is 76.9 Å². The number of rotatable bonds is 17. The van der Waals surface area contributed by atoms with Crippen molar-refractivity contribution in [3.63, 3.8) is 0 Å². The number of aryl methyl sites for hydroxylation is 1. The van der Waals surface area contributed by atoms with E-state index in [0.29, 0.717) is 0 Å². The molecule has 2 N–H and O–H groups in total. The lowest BCUT2D eigenvalue weighted by atomic mass is 10.1. The molecule has 26 heavy (non-hydrogen) atoms. The van der Waals surface area contributed by atoms with Crippen LogP contribution in [0.4, 0.5) is 0 Å². The lowest BCUT2D eigenvalue weighted by Crippen LogP contribution is -1.93. The van der Waals surface area contributed by atoms with Crippen LogP contribution in [0.3, 0.4) is 0 Å². The number of aliphatic hydroxyl groups is 1. The third kappa shape index (κ3) is 12.3. The average Bonchev–Trinajstić information content (AvgIpc) is 3.10. The molecule has 0 bridgehead atoms. The molecule has 3 nitrogen and oxygen atoms in total. The normalized spacial score (nSPS) is 12.9. The Bertz CT molecular complexity index is 451. The van der Waals surface area contributed by atoms with Gasteiger partial charge in [0.15, 0.2) is 0 Å². The van der Waals surface area contributed by atoms with Crippen molar-refractivity contribution in [1.29, 1.82) is 0 Å². The number of unbranched alkanes of at least 4 members (excludes halogenated alkanes) is 12. The SMILES string of the molecule is CCCCCCCCC=CCCCCCCCCc1ncc(C(C)O)[nH]1. The zero-order chi connectivity index (χ0) is 18.9. The van der Waals surface area contributed by atoms with E-state index in [1.807, 2.05) is 0 Å². The molecule has 0 saturated heterocycles. The standard InChI is InChI=1S/C23H42N2O/c1-3-4-5-6-7-8-9-10-11-12-13-14-15-16-17-18-19-23-24-20-22(25-23)21(2)26/h10-11,20-21,26H,3-9,12-19H2,1-2H3,(H,24,25). The van der Waals surface area contributed by atoms with Gasteiger partial charge in [0.2, 0.25) is 0 Å². The summed E-state index contributed by atoms with van der Waals surface area (Å²) in [6.07, 6.45) is 25.8. The minimum Gasteiger partial charge on any atom is -0.387 e. The highest BCUT2D eigenvalue weighted by Gasteiger charge is 2.04. The molecule has 1 atom stereocenters. The van der Waals surface area contributed by atoms with E-state index in [4.69, 9.17) is 0 Å². The minimum atomic E-state index is -0.448. The van der Waals surface area contributed by atoms with Crippen molar-refractivity contribution in [2.75, 3.05) is 0 Å². The molecule has 0 aromatic carbocycles. The van der Waals surface area contributed by atoms with Crippen molar-refractivity contribution in [3.05, 3.63) is 29.9 Å². The molecule has 1 heterocycles. The van der Waals surface area contributed by atoms with Gasteiger partial charge in [0.25, 0.3) is 0 Å². The summed E-state index contributed by atoms with van der Waals surface area (Å²) in [5.41, 5.74) is 0.824. The van der Waals surface area contributed by atoms with Crippen LogP contribution in [0.2, 0.25) is 0 Å². The average molecular weight is 363 g/mol. The maximum Gasteiger partial charge on any atom is 0.106 e. The summed E-state index contributed by atoms with van der Waals surface area (Å²) in [7, 11) is 0. The number of H-pyrrole nitrogens is 1. The predicted molar refractivity (Wildman–Crippen MR) is 112 cm³/mol. The summed E-state index contributed by atoms with van der Waals surface area (Å²) in [6.45, 7) is 4.04. The van der Waals surface area contributed by atoms with E-state index in [9.17, 15) is 5.11 Å². The number of hydrogen-bond donors (Lipinski definition) is 2. The van der Waals surface area contributed by atoms with Gasteiger partial charge < -0.3 is 10.1 Å². The number of aromatic amines is 1. The molecule has 0 spiro atoms. The fourth-order valence-electron chi connectivity index (χ4n) is 3.26. The lowest BCUT2D eigenvalue weighted by Gasteiger charge is -2.01. The first-order chi connectivity index (χ1) is 12.7. The molecule has 1 unspecified atom stereocenters. The first kappa shape index (κ1) is 23.0. The minimum absolute atomic E-state index is 0.448. The quantitative estimate of drug-likeness (QED) is 0.230. The number of allylic oxidation sites excluding steroid dienone is 2. The van der Waals surface area contributed by atoms with Crippen LogP contribution in [0.15, 0.2) is 18.3 Å². The second kappa shape index (κ2) is 16.1. The molecule has 1 aromatic heterocycles. The van der Waals surface area contributed by atoms with E-state index in [-0.39, 0.29) is 0 Å². The van der Waals surface area contributed by atoms with E-state index >= 15 is 0 Å². The second-order valence-corrected chi connectivity index (χ2v) is 7.65. The Labute approximate surface area is 161 Å². The van der Waals surface area contributed by atoms with Crippen LogP contribution in [-0.4, -0.2) is 15.1 Å². The Morgan fingerprint density at radius 1 is 0.885 bits per heavy atom. The van der Waals surface area contributed by atoms with E-state index in [0.717, 1.165) is 17.9 Å². The molecule has 0 amide bonds. The van der Waals surface area contributed by atoms with Gasteiger partial charge in [0.05, 0.1) is 18.0 Å². The van der Waals surface area contributed by atoms with Crippen molar-refractivity contribution < 1.29 is 5.11 Å². The molecule has 150 valence electrons. The molecule has 0 aliphatic carbocycles. The van der Waals surface area contributed by atoms with Gasteiger partial charge in [-0.05, 0) is 39.0 Å². The molecular formula is C23H42N2O. The first-order valence-electron chi connectivity index (χ1n) is 11.1. The van der Waals surface area contributed by atoms with Crippen LogP contribution in [0.25, 0.3) is 0 Å². The number of aliphatic hydroxyl groups excluding tert-OH is 1. The molecule has 0 aliphatic rings. The maximum atomic E-state index is 9.47. The van der Waals surface area contributed by atoms with Gasteiger partial charge >= 0.3 is 0 Å². The van der Waals surface area contributed by atoms with E-state index in [2.05, 4.69) is 29.0 Å². The van der Waals surface area contributed by atoms with E-state index in [1.54, 1.807) is 13.1 Å². The van der Waals surface area contributed by atoms with Crippen LogP contribution in [0, 0.1) is 0 Å². The number of hydrogen-bond acceptors (Lipinski definition) is 2. The molecular weight excluding hydrogens is 320 g/mol. The monoisotopic (exact) mass is 362 g/mol. The van der Waals surface area contributed by atoms with Gasteiger partial charge in [-0.25, -0.2) is 4.98 Å². The number of imidazole rings is 1. The molecule has 1 rings (SSSR count). The van der Waals surface area contributed by atoms with Crippen molar-refractivity contribution in [1.82, 2.24) is 9.97 Å². The Morgan fingerprint density at radius 2 is 1.42 bits per heavy atom. The van der Waals surface area contributed by atoms with Gasteiger partial charge in [0.1, 0.15) is 5.82 Å². The fourth-order valence-corrected chi connectivity index (χ4v) is 3.26. The Kier molecular flexibility index (Phi) is 14.2. The molecule has 0 aliphatic heterocycles. The summed E-state index contributed by atoms with van der Waals surface area (Å²) in [4.78, 5) is 7.52. The summed E-state index contributed by atoms with van der Waals surface area (Å²) in [6, 6.07) is 0. The lowest BCUT2D eigenvalue weighted by molar-refractivity contribution is 0.194. The van der Waals surface area contributed by atoms with Crippen LogP contribution in [-0.2, 0) is 6.42 Å². The first-order valence-corrected chi connectivity index (χ1v) is 11.1. The van der Waals surface area contributed by atoms with Gasteiger partial charge in [-0.2, -0.15) is 0 Å². The number of nitrogens with zero attached hydrogens (tertiary/aromatic N) is 1. The van der Waals surface area contributed by atoms with E-state index in [1.165, 1.54) is 89.9 Å². The summed E-state index contributed by atoms with van der Waals surface area (Å²) < 4.78 is 0. The van der Waals surface area contributed by atoms with Crippen molar-refractivity contribution >= 4 is 0 Å². The zero-order valence-electron chi connectivity index (χ0n) is 17.3. The highest BCUT2D eigenvalue weighted by molar-refractivity contribution is 5.03. The Morgan fingerprint density at radius 3 is 1.96 bits per heavy atom. The molecule has 0 radical (unpaired) electrons. The van der Waals surface area contributed by atoms with Gasteiger partial charge in [-0.3, -0.25) is 0 Å². The smallest absolute Gasteiger partial charge is 0.106 e. The van der Waals surface area contributed by atoms with Crippen LogP contribution >= 0.6 is 0 Å². The van der Waals surface area contributed by atoms with Crippen LogP contribution < -0.4 is 0 Å². The molecule has 3 heteroatoms. The third-order valence-corrected chi connectivity index (χ3v) is 5.02.